The SMILES string of the molecule is COCc1cc(CN(C)C(=O)C2CC23CCNCC3)[nH]n1.Cl. The number of aromatic nitrogens is 2. The van der Waals surface area contributed by atoms with Crippen molar-refractivity contribution in [1.82, 2.24) is 20.4 Å². The number of carbonyl (C=O) groups is 1. The zero-order valence-corrected chi connectivity index (χ0v) is 14.0. The standard InChI is InChI=1S/C15H24N4O2.ClH/c1-19(9-11-7-12(10-21-2)18-17-11)14(20)13-8-15(13)3-5-16-6-4-15;/h7,13,16H,3-6,8-10H2,1-2H3,(H,17,18);1H. The van der Waals surface area contributed by atoms with E-state index in [1.54, 1.807) is 7.11 Å². The number of H-pyrrole nitrogens is 1. The van der Waals surface area contributed by atoms with Gasteiger partial charge < -0.3 is 15.0 Å². The van der Waals surface area contributed by atoms with Crippen molar-refractivity contribution in [2.45, 2.75) is 32.4 Å². The first-order valence-electron chi connectivity index (χ1n) is 7.62. The maximum absolute atomic E-state index is 12.6. The van der Waals surface area contributed by atoms with Crippen molar-refractivity contribution in [2.75, 3.05) is 27.2 Å². The van der Waals surface area contributed by atoms with Crippen LogP contribution in [0.5, 0.6) is 0 Å². The summed E-state index contributed by atoms with van der Waals surface area (Å²) in [5, 5.41) is 10.5. The van der Waals surface area contributed by atoms with Crippen molar-refractivity contribution in [3.63, 3.8) is 0 Å². The van der Waals surface area contributed by atoms with E-state index in [4.69, 9.17) is 4.74 Å². The number of amides is 1. The topological polar surface area (TPSA) is 70.2 Å². The Kier molecular flexibility index (Phi) is 5.47. The lowest BCUT2D eigenvalue weighted by Gasteiger charge is -2.25. The Bertz CT molecular complexity index is 513. The molecule has 0 aromatic carbocycles. The van der Waals surface area contributed by atoms with Crippen molar-refractivity contribution < 1.29 is 9.53 Å². The van der Waals surface area contributed by atoms with E-state index < -0.39 is 0 Å². The molecule has 1 saturated heterocycles. The van der Waals surface area contributed by atoms with Crippen LogP contribution < -0.4 is 5.32 Å². The highest BCUT2D eigenvalue weighted by Crippen LogP contribution is 2.59. The molecule has 1 aromatic heterocycles. The number of ether oxygens (including phenoxy) is 1. The number of rotatable bonds is 5. The van der Waals surface area contributed by atoms with Gasteiger partial charge in [-0.25, -0.2) is 0 Å². The highest BCUT2D eigenvalue weighted by Gasteiger charge is 2.58. The van der Waals surface area contributed by atoms with Gasteiger partial charge in [0.25, 0.3) is 0 Å². The van der Waals surface area contributed by atoms with Crippen molar-refractivity contribution in [2.24, 2.45) is 11.3 Å². The van der Waals surface area contributed by atoms with E-state index >= 15 is 0 Å². The Morgan fingerprint density at radius 1 is 1.50 bits per heavy atom. The van der Waals surface area contributed by atoms with Crippen LogP contribution in [0.15, 0.2) is 6.07 Å². The Hall–Kier alpha value is -1.11. The zero-order chi connectivity index (χ0) is 14.9. The van der Waals surface area contributed by atoms with Gasteiger partial charge in [-0.15, -0.1) is 12.4 Å². The Labute approximate surface area is 137 Å². The van der Waals surface area contributed by atoms with Crippen LogP contribution in [0.1, 0.15) is 30.7 Å². The molecule has 22 heavy (non-hydrogen) atoms. The Morgan fingerprint density at radius 2 is 2.23 bits per heavy atom. The number of nitrogens with zero attached hydrogens (tertiary/aromatic N) is 2. The molecule has 0 radical (unpaired) electrons. The van der Waals surface area contributed by atoms with E-state index in [2.05, 4.69) is 15.5 Å². The van der Waals surface area contributed by atoms with E-state index in [9.17, 15) is 4.79 Å². The number of nitrogens with one attached hydrogen (secondary N) is 2. The molecule has 2 fully saturated rings. The van der Waals surface area contributed by atoms with Gasteiger partial charge in [-0.05, 0) is 43.8 Å². The molecule has 1 aromatic rings. The van der Waals surface area contributed by atoms with Gasteiger partial charge >= 0.3 is 0 Å². The molecular weight excluding hydrogens is 304 g/mol. The van der Waals surface area contributed by atoms with Crippen LogP contribution >= 0.6 is 12.4 Å². The van der Waals surface area contributed by atoms with Gasteiger partial charge in [0, 0.05) is 20.1 Å². The summed E-state index contributed by atoms with van der Waals surface area (Å²) in [6, 6.07) is 1.96. The lowest BCUT2D eigenvalue weighted by Crippen LogP contribution is -2.34. The molecule has 124 valence electrons. The fourth-order valence-electron chi connectivity index (χ4n) is 3.49. The fourth-order valence-corrected chi connectivity index (χ4v) is 3.49. The number of hydrogen-bond donors (Lipinski definition) is 2. The summed E-state index contributed by atoms with van der Waals surface area (Å²) in [6.45, 7) is 3.18. The van der Waals surface area contributed by atoms with E-state index in [0.29, 0.717) is 18.6 Å². The third-order valence-electron chi connectivity index (χ3n) is 4.85. The van der Waals surface area contributed by atoms with Crippen LogP contribution in [0.2, 0.25) is 0 Å². The summed E-state index contributed by atoms with van der Waals surface area (Å²) < 4.78 is 5.05. The monoisotopic (exact) mass is 328 g/mol. The summed E-state index contributed by atoms with van der Waals surface area (Å²) in [4.78, 5) is 14.4. The lowest BCUT2D eigenvalue weighted by atomic mass is 9.91. The molecule has 2 heterocycles. The maximum Gasteiger partial charge on any atom is 0.226 e. The second kappa shape index (κ2) is 6.98. The summed E-state index contributed by atoms with van der Waals surface area (Å²) in [5.74, 6) is 0.505. The normalized spacial score (nSPS) is 22.2. The van der Waals surface area contributed by atoms with Gasteiger partial charge in [-0.1, -0.05) is 0 Å². The molecule has 1 atom stereocenters. The van der Waals surface area contributed by atoms with Crippen LogP contribution in [-0.4, -0.2) is 48.3 Å². The smallest absolute Gasteiger partial charge is 0.226 e. The van der Waals surface area contributed by atoms with Gasteiger partial charge in [0.1, 0.15) is 0 Å². The highest BCUT2D eigenvalue weighted by atomic mass is 35.5. The van der Waals surface area contributed by atoms with Gasteiger partial charge in [-0.3, -0.25) is 9.89 Å². The minimum atomic E-state index is 0. The van der Waals surface area contributed by atoms with E-state index in [1.807, 2.05) is 18.0 Å². The molecule has 1 saturated carbocycles. The predicted molar refractivity (Wildman–Crippen MR) is 85.7 cm³/mol. The largest absolute Gasteiger partial charge is 0.378 e. The average Bonchev–Trinajstić information content (AvgIpc) is 2.97. The Balaban J connectivity index is 0.00000176. The van der Waals surface area contributed by atoms with Crippen molar-refractivity contribution in [3.8, 4) is 0 Å². The van der Waals surface area contributed by atoms with Crippen LogP contribution in [-0.2, 0) is 22.7 Å². The molecule has 1 spiro atoms. The lowest BCUT2D eigenvalue weighted by molar-refractivity contribution is -0.132. The second-order valence-corrected chi connectivity index (χ2v) is 6.38. The van der Waals surface area contributed by atoms with E-state index in [-0.39, 0.29) is 24.2 Å². The number of methoxy groups -OCH3 is 1. The van der Waals surface area contributed by atoms with Gasteiger partial charge in [0.2, 0.25) is 5.91 Å². The molecule has 1 amide bonds. The molecular formula is C15H25ClN4O2. The number of halogens is 1. The van der Waals surface area contributed by atoms with Crippen LogP contribution in [0, 0.1) is 11.3 Å². The molecule has 0 bridgehead atoms. The molecule has 1 aliphatic heterocycles. The first kappa shape index (κ1) is 17.2. The predicted octanol–water partition coefficient (Wildman–Crippen LogP) is 1.33. The molecule has 1 aliphatic carbocycles. The third-order valence-corrected chi connectivity index (χ3v) is 4.85. The summed E-state index contributed by atoms with van der Waals surface area (Å²) in [5.41, 5.74) is 2.12. The van der Waals surface area contributed by atoms with Crippen molar-refractivity contribution >= 4 is 18.3 Å². The van der Waals surface area contributed by atoms with Gasteiger partial charge in [0.15, 0.2) is 0 Å². The molecule has 3 rings (SSSR count). The number of carbonyl (C=O) groups excluding carboxylic acids is 1. The number of piperidine rings is 1. The minimum Gasteiger partial charge on any atom is -0.378 e. The van der Waals surface area contributed by atoms with E-state index in [1.165, 1.54) is 0 Å². The number of aromatic amines is 1. The maximum atomic E-state index is 12.6. The summed E-state index contributed by atoms with van der Waals surface area (Å²) in [6.07, 6.45) is 3.34. The van der Waals surface area contributed by atoms with Crippen LogP contribution in [0.4, 0.5) is 0 Å². The van der Waals surface area contributed by atoms with Gasteiger partial charge in [0.05, 0.1) is 24.5 Å². The molecule has 7 heteroatoms. The van der Waals surface area contributed by atoms with Crippen molar-refractivity contribution in [3.05, 3.63) is 17.5 Å². The summed E-state index contributed by atoms with van der Waals surface area (Å²) >= 11 is 0. The highest BCUT2D eigenvalue weighted by molar-refractivity contribution is 5.85. The molecule has 2 N–H and O–H groups in total. The first-order chi connectivity index (χ1) is 10.1. The van der Waals surface area contributed by atoms with Crippen LogP contribution in [0.25, 0.3) is 0 Å². The fraction of sp³-hybridized carbons (Fsp3) is 0.733. The minimum absolute atomic E-state index is 0. The van der Waals surface area contributed by atoms with Gasteiger partial charge in [-0.2, -0.15) is 5.10 Å². The number of hydrogen-bond acceptors (Lipinski definition) is 4. The third kappa shape index (κ3) is 3.45. The van der Waals surface area contributed by atoms with E-state index in [0.717, 1.165) is 43.7 Å². The quantitative estimate of drug-likeness (QED) is 0.855. The van der Waals surface area contributed by atoms with Crippen molar-refractivity contribution in [1.29, 1.82) is 0 Å². The first-order valence-corrected chi connectivity index (χ1v) is 7.62. The molecule has 2 aliphatic rings. The molecule has 6 nitrogen and oxygen atoms in total. The Morgan fingerprint density at radius 3 is 2.91 bits per heavy atom. The second-order valence-electron chi connectivity index (χ2n) is 6.38. The van der Waals surface area contributed by atoms with Crippen LogP contribution in [0.3, 0.4) is 0 Å². The molecule has 1 unspecified atom stereocenters. The zero-order valence-electron chi connectivity index (χ0n) is 13.2. The average molecular weight is 329 g/mol. The summed E-state index contributed by atoms with van der Waals surface area (Å²) in [7, 11) is 3.53.